The number of halogens is 2. The van der Waals surface area contributed by atoms with Gasteiger partial charge >= 0.3 is 0 Å². The van der Waals surface area contributed by atoms with E-state index in [1.807, 2.05) is 27.7 Å². The Hall–Kier alpha value is -2.12. The fourth-order valence-corrected chi connectivity index (χ4v) is 4.89. The van der Waals surface area contributed by atoms with Crippen molar-refractivity contribution in [2.24, 2.45) is 0 Å². The Bertz CT molecular complexity index is 1050. The Morgan fingerprint density at radius 2 is 1.52 bits per heavy atom. The monoisotopic (exact) mass is 452 g/mol. The van der Waals surface area contributed by atoms with E-state index in [1.54, 1.807) is 0 Å². The van der Waals surface area contributed by atoms with Crippen LogP contribution in [-0.2, 0) is 26.7 Å². The number of carbonyl (C=O) groups excluding carboxylic acids is 1. The Labute approximate surface area is 183 Å². The maximum absolute atomic E-state index is 14.3. The second-order valence-electron chi connectivity index (χ2n) is 9.05. The molecule has 0 fully saturated rings. The van der Waals surface area contributed by atoms with Gasteiger partial charge in [-0.2, -0.15) is 0 Å². The van der Waals surface area contributed by atoms with Crippen molar-refractivity contribution in [2.45, 2.75) is 70.3 Å². The minimum absolute atomic E-state index is 0.0350. The number of hydrogen-bond donors (Lipinski definition) is 1. The van der Waals surface area contributed by atoms with E-state index in [-0.39, 0.29) is 28.7 Å². The summed E-state index contributed by atoms with van der Waals surface area (Å²) < 4.78 is 53.9. The van der Waals surface area contributed by atoms with Gasteiger partial charge in [0.25, 0.3) is 0 Å². The topological polar surface area (TPSA) is 71.4 Å². The number of sulfone groups is 1. The van der Waals surface area contributed by atoms with Gasteiger partial charge in [0.1, 0.15) is 17.4 Å². The number of hydrogen-bond acceptors (Lipinski definition) is 4. The molecule has 0 aliphatic heterocycles. The van der Waals surface area contributed by atoms with E-state index in [9.17, 15) is 27.1 Å². The molecule has 0 amide bonds. The van der Waals surface area contributed by atoms with Crippen molar-refractivity contribution in [1.82, 2.24) is 0 Å². The standard InChI is InChI=1S/C24H30F2O4S/c1-14(2)19-9-16(25)10-20(15(3)4)21(19)11-17(27)13-31(29,30)18-7-8-22(23(26)12-18)24(5,6)28/h7-10,12,14-15,28H,11,13H2,1-6H3. The van der Waals surface area contributed by atoms with E-state index >= 15 is 0 Å². The first-order valence-electron chi connectivity index (χ1n) is 10.2. The van der Waals surface area contributed by atoms with Crippen LogP contribution < -0.4 is 0 Å². The highest BCUT2D eigenvalue weighted by Gasteiger charge is 2.26. The van der Waals surface area contributed by atoms with Crippen LogP contribution in [-0.4, -0.2) is 25.1 Å². The molecule has 2 rings (SSSR count). The highest BCUT2D eigenvalue weighted by atomic mass is 32.2. The molecule has 31 heavy (non-hydrogen) atoms. The van der Waals surface area contributed by atoms with Crippen LogP contribution in [0.4, 0.5) is 8.78 Å². The molecule has 4 nitrogen and oxygen atoms in total. The fraction of sp³-hybridized carbons (Fsp3) is 0.458. The molecule has 170 valence electrons. The molecule has 2 aromatic rings. The largest absolute Gasteiger partial charge is 0.386 e. The fourth-order valence-electron chi connectivity index (χ4n) is 3.64. The van der Waals surface area contributed by atoms with E-state index in [1.165, 1.54) is 38.1 Å². The third-order valence-electron chi connectivity index (χ3n) is 5.21. The number of aliphatic hydroxyl groups is 1. The highest BCUT2D eigenvalue weighted by molar-refractivity contribution is 7.92. The van der Waals surface area contributed by atoms with Gasteiger partial charge in [-0.15, -0.1) is 0 Å². The Morgan fingerprint density at radius 3 is 1.94 bits per heavy atom. The molecule has 0 aromatic heterocycles. The van der Waals surface area contributed by atoms with Gasteiger partial charge in [0.15, 0.2) is 15.6 Å². The summed E-state index contributed by atoms with van der Waals surface area (Å²) in [5, 5.41) is 9.96. The molecule has 0 saturated carbocycles. The summed E-state index contributed by atoms with van der Waals surface area (Å²) >= 11 is 0. The Morgan fingerprint density at radius 1 is 1.00 bits per heavy atom. The average Bonchev–Trinajstić information content (AvgIpc) is 2.60. The van der Waals surface area contributed by atoms with Crippen LogP contribution in [0.3, 0.4) is 0 Å². The second kappa shape index (κ2) is 9.17. The lowest BCUT2D eigenvalue weighted by Crippen LogP contribution is -2.21. The lowest BCUT2D eigenvalue weighted by molar-refractivity contribution is -0.116. The van der Waals surface area contributed by atoms with Gasteiger partial charge in [-0.25, -0.2) is 17.2 Å². The molecule has 0 atom stereocenters. The first-order valence-corrected chi connectivity index (χ1v) is 11.9. The van der Waals surface area contributed by atoms with Crippen LogP contribution >= 0.6 is 0 Å². The summed E-state index contributed by atoms with van der Waals surface area (Å²) in [6.45, 7) is 10.3. The minimum Gasteiger partial charge on any atom is -0.386 e. The van der Waals surface area contributed by atoms with Crippen molar-refractivity contribution >= 4 is 15.6 Å². The number of benzene rings is 2. The third-order valence-corrected chi connectivity index (χ3v) is 6.89. The maximum Gasteiger partial charge on any atom is 0.185 e. The van der Waals surface area contributed by atoms with Gasteiger partial charge in [-0.1, -0.05) is 33.8 Å². The minimum atomic E-state index is -4.08. The number of carbonyl (C=O) groups is 1. The third kappa shape index (κ3) is 5.98. The van der Waals surface area contributed by atoms with Crippen molar-refractivity contribution in [3.05, 3.63) is 64.2 Å². The van der Waals surface area contributed by atoms with Crippen molar-refractivity contribution in [3.8, 4) is 0 Å². The molecule has 2 aromatic carbocycles. The summed E-state index contributed by atoms with van der Waals surface area (Å²) in [4.78, 5) is 12.4. The molecule has 0 spiro atoms. The van der Waals surface area contributed by atoms with E-state index in [0.717, 1.165) is 6.07 Å². The predicted octanol–water partition coefficient (Wildman–Crippen LogP) is 5.02. The first-order chi connectivity index (χ1) is 14.1. The Kier molecular flexibility index (Phi) is 7.43. The Balaban J connectivity index is 2.35. The maximum atomic E-state index is 14.3. The summed E-state index contributed by atoms with van der Waals surface area (Å²) in [5.41, 5.74) is 0.498. The summed E-state index contributed by atoms with van der Waals surface area (Å²) in [7, 11) is -4.08. The smallest absolute Gasteiger partial charge is 0.185 e. The van der Waals surface area contributed by atoms with Crippen molar-refractivity contribution in [2.75, 3.05) is 5.75 Å². The SMILES string of the molecule is CC(C)c1cc(F)cc(C(C)C)c1CC(=O)CS(=O)(=O)c1ccc(C(C)(C)O)c(F)c1. The molecular weight excluding hydrogens is 422 g/mol. The molecule has 1 N–H and O–H groups in total. The van der Waals surface area contributed by atoms with E-state index in [4.69, 9.17) is 0 Å². The summed E-state index contributed by atoms with van der Waals surface area (Å²) in [6, 6.07) is 6.00. The molecule has 0 saturated heterocycles. The van der Waals surface area contributed by atoms with Crippen molar-refractivity contribution in [1.29, 1.82) is 0 Å². The van der Waals surface area contributed by atoms with E-state index in [0.29, 0.717) is 16.7 Å². The van der Waals surface area contributed by atoms with Gasteiger partial charge in [-0.05, 0) is 66.6 Å². The van der Waals surface area contributed by atoms with Crippen LogP contribution in [0.25, 0.3) is 0 Å². The van der Waals surface area contributed by atoms with Gasteiger partial charge < -0.3 is 5.11 Å². The lowest BCUT2D eigenvalue weighted by Gasteiger charge is -2.20. The zero-order valence-electron chi connectivity index (χ0n) is 18.8. The summed E-state index contributed by atoms with van der Waals surface area (Å²) in [5.74, 6) is -2.68. The van der Waals surface area contributed by atoms with E-state index < -0.39 is 38.6 Å². The molecule has 7 heteroatoms. The molecule has 0 heterocycles. The highest BCUT2D eigenvalue weighted by Crippen LogP contribution is 2.30. The predicted molar refractivity (Wildman–Crippen MR) is 117 cm³/mol. The second-order valence-corrected chi connectivity index (χ2v) is 11.0. The number of ketones is 1. The molecule has 0 aliphatic carbocycles. The summed E-state index contributed by atoms with van der Waals surface area (Å²) in [6.07, 6.45) is -0.148. The van der Waals surface area contributed by atoms with Crippen LogP contribution in [0.1, 0.15) is 75.6 Å². The number of rotatable bonds is 8. The van der Waals surface area contributed by atoms with E-state index in [2.05, 4.69) is 0 Å². The lowest BCUT2D eigenvalue weighted by atomic mass is 9.86. The normalized spacial score (nSPS) is 12.6. The van der Waals surface area contributed by atoms with Crippen molar-refractivity contribution in [3.63, 3.8) is 0 Å². The average molecular weight is 453 g/mol. The molecule has 0 radical (unpaired) electrons. The molecule has 0 unspecified atom stereocenters. The molecular formula is C24H30F2O4S. The quantitative estimate of drug-likeness (QED) is 0.610. The van der Waals surface area contributed by atoms with Gasteiger partial charge in [0.2, 0.25) is 0 Å². The number of Topliss-reactive ketones (excluding diaryl/α,β-unsaturated/α-hetero) is 1. The van der Waals surface area contributed by atoms with Gasteiger partial charge in [-0.3, -0.25) is 4.79 Å². The van der Waals surface area contributed by atoms with Crippen LogP contribution in [0, 0.1) is 11.6 Å². The van der Waals surface area contributed by atoms with Crippen molar-refractivity contribution < 1.29 is 27.1 Å². The molecule has 0 bridgehead atoms. The van der Waals surface area contributed by atoms with Crippen LogP contribution in [0.5, 0.6) is 0 Å². The van der Waals surface area contributed by atoms with Crippen LogP contribution in [0.15, 0.2) is 35.2 Å². The van der Waals surface area contributed by atoms with Crippen LogP contribution in [0.2, 0.25) is 0 Å². The molecule has 0 aliphatic rings. The van der Waals surface area contributed by atoms with Gasteiger partial charge in [0, 0.05) is 12.0 Å². The zero-order chi connectivity index (χ0) is 23.7. The first kappa shape index (κ1) is 25.1. The zero-order valence-corrected chi connectivity index (χ0v) is 19.6. The van der Waals surface area contributed by atoms with Gasteiger partial charge in [0.05, 0.1) is 10.5 Å².